The summed E-state index contributed by atoms with van der Waals surface area (Å²) in [7, 11) is 0. The molecular weight excluding hydrogens is 286 g/mol. The van der Waals surface area contributed by atoms with Gasteiger partial charge >= 0.3 is 0 Å². The van der Waals surface area contributed by atoms with Crippen molar-refractivity contribution in [1.29, 1.82) is 0 Å². The number of piperazine rings is 1. The average Bonchev–Trinajstić information content (AvgIpc) is 2.57. The van der Waals surface area contributed by atoms with Gasteiger partial charge in [-0.25, -0.2) is 9.97 Å². The van der Waals surface area contributed by atoms with E-state index in [1.165, 1.54) is 0 Å². The van der Waals surface area contributed by atoms with Gasteiger partial charge < -0.3 is 9.80 Å². The topological polar surface area (TPSA) is 52.6 Å². The Kier molecular flexibility index (Phi) is 4.92. The van der Waals surface area contributed by atoms with E-state index in [0.29, 0.717) is 6.54 Å². The summed E-state index contributed by atoms with van der Waals surface area (Å²) in [5.41, 5.74) is 0. The molecule has 6 nitrogen and oxygen atoms in total. The maximum atomic E-state index is 12.3. The van der Waals surface area contributed by atoms with Crippen LogP contribution in [-0.2, 0) is 4.79 Å². The smallest absolute Gasteiger partial charge is 0.236 e. The van der Waals surface area contributed by atoms with Crippen molar-refractivity contribution in [3.63, 3.8) is 0 Å². The Morgan fingerprint density at radius 2 is 1.71 bits per heavy atom. The largest absolute Gasteiger partial charge is 0.338 e. The van der Waals surface area contributed by atoms with Crippen molar-refractivity contribution < 1.29 is 4.79 Å². The molecule has 2 fully saturated rings. The maximum Gasteiger partial charge on any atom is 0.236 e. The summed E-state index contributed by atoms with van der Waals surface area (Å²) < 4.78 is 0. The highest BCUT2D eigenvalue weighted by atomic mass is 32.2. The number of aromatic nitrogens is 2. The van der Waals surface area contributed by atoms with Crippen LogP contribution in [-0.4, -0.2) is 83.0 Å². The van der Waals surface area contributed by atoms with Gasteiger partial charge in [0.2, 0.25) is 11.9 Å². The first-order valence-electron chi connectivity index (χ1n) is 7.43. The lowest BCUT2D eigenvalue weighted by atomic mass is 10.3. The highest BCUT2D eigenvalue weighted by Gasteiger charge is 2.24. The molecule has 0 N–H and O–H groups in total. The Hall–Kier alpha value is -1.34. The van der Waals surface area contributed by atoms with E-state index in [4.69, 9.17) is 0 Å². The number of amides is 1. The van der Waals surface area contributed by atoms with Crippen LogP contribution >= 0.6 is 11.8 Å². The summed E-state index contributed by atoms with van der Waals surface area (Å²) in [6.45, 7) is 5.79. The second-order valence-electron chi connectivity index (χ2n) is 5.31. The lowest BCUT2D eigenvalue weighted by Crippen LogP contribution is -2.52. The molecule has 0 aliphatic carbocycles. The maximum absolute atomic E-state index is 12.3. The Morgan fingerprint density at radius 1 is 1.05 bits per heavy atom. The summed E-state index contributed by atoms with van der Waals surface area (Å²) in [6, 6.07) is 1.82. The number of carbonyl (C=O) groups excluding carboxylic acids is 1. The van der Waals surface area contributed by atoms with Crippen LogP contribution in [0.2, 0.25) is 0 Å². The lowest BCUT2D eigenvalue weighted by molar-refractivity contribution is -0.132. The van der Waals surface area contributed by atoms with Gasteiger partial charge in [-0.15, -0.1) is 0 Å². The van der Waals surface area contributed by atoms with Gasteiger partial charge in [0, 0.05) is 63.2 Å². The molecule has 0 atom stereocenters. The molecular formula is C14H21N5OS. The van der Waals surface area contributed by atoms with E-state index in [-0.39, 0.29) is 5.91 Å². The summed E-state index contributed by atoms with van der Waals surface area (Å²) in [5.74, 6) is 3.31. The highest BCUT2D eigenvalue weighted by Crippen LogP contribution is 2.12. The molecule has 0 saturated carbocycles. The molecule has 21 heavy (non-hydrogen) atoms. The Morgan fingerprint density at radius 3 is 2.38 bits per heavy atom. The number of anilines is 1. The van der Waals surface area contributed by atoms with Gasteiger partial charge in [-0.2, -0.15) is 11.8 Å². The van der Waals surface area contributed by atoms with Crippen LogP contribution in [0.3, 0.4) is 0 Å². The molecule has 3 rings (SSSR count). The molecule has 1 aromatic rings. The monoisotopic (exact) mass is 307 g/mol. The van der Waals surface area contributed by atoms with E-state index in [2.05, 4.69) is 19.8 Å². The first kappa shape index (κ1) is 14.6. The molecule has 0 bridgehead atoms. The first-order valence-corrected chi connectivity index (χ1v) is 8.58. The number of rotatable bonds is 3. The first-order chi connectivity index (χ1) is 10.3. The molecule has 0 unspecified atom stereocenters. The van der Waals surface area contributed by atoms with Gasteiger partial charge in [-0.3, -0.25) is 9.69 Å². The zero-order valence-electron chi connectivity index (χ0n) is 12.1. The third-order valence-electron chi connectivity index (χ3n) is 3.93. The lowest BCUT2D eigenvalue weighted by Gasteiger charge is -2.36. The molecule has 2 saturated heterocycles. The Labute approximate surface area is 129 Å². The molecule has 7 heteroatoms. The van der Waals surface area contributed by atoms with Crippen molar-refractivity contribution in [3.8, 4) is 0 Å². The summed E-state index contributed by atoms with van der Waals surface area (Å²) in [5, 5.41) is 0. The number of carbonyl (C=O) groups is 1. The number of thioether (sulfide) groups is 1. The predicted octanol–water partition coefficient (Wildman–Crippen LogP) is 0.174. The van der Waals surface area contributed by atoms with Crippen molar-refractivity contribution >= 4 is 23.6 Å². The third kappa shape index (κ3) is 3.85. The van der Waals surface area contributed by atoms with Gasteiger partial charge in [0.15, 0.2) is 0 Å². The fourth-order valence-electron chi connectivity index (χ4n) is 2.66. The van der Waals surface area contributed by atoms with Crippen LogP contribution in [0, 0.1) is 0 Å². The molecule has 0 spiro atoms. The number of nitrogens with zero attached hydrogens (tertiary/aromatic N) is 5. The van der Waals surface area contributed by atoms with E-state index in [1.54, 1.807) is 12.4 Å². The standard InChI is InChI=1S/C14H21N5OS/c20-13(12-17-8-10-21-11-9-17)18-4-6-19(7-5-18)14-15-2-1-3-16-14/h1-3H,4-12H2. The van der Waals surface area contributed by atoms with Crippen molar-refractivity contribution in [2.75, 3.05) is 62.2 Å². The zero-order chi connectivity index (χ0) is 14.5. The molecule has 0 radical (unpaired) electrons. The second kappa shape index (κ2) is 7.09. The van der Waals surface area contributed by atoms with Gasteiger partial charge in [-0.1, -0.05) is 0 Å². The van der Waals surface area contributed by atoms with Gasteiger partial charge in [0.05, 0.1) is 6.54 Å². The minimum absolute atomic E-state index is 0.260. The summed E-state index contributed by atoms with van der Waals surface area (Å²) >= 11 is 1.97. The molecule has 3 heterocycles. The Bertz CT molecular complexity index is 458. The second-order valence-corrected chi connectivity index (χ2v) is 6.53. The molecule has 0 aromatic carbocycles. The summed E-state index contributed by atoms with van der Waals surface area (Å²) in [4.78, 5) is 27.3. The summed E-state index contributed by atoms with van der Waals surface area (Å²) in [6.07, 6.45) is 3.52. The average molecular weight is 307 g/mol. The van der Waals surface area contributed by atoms with Gasteiger partial charge in [-0.05, 0) is 6.07 Å². The fraction of sp³-hybridized carbons (Fsp3) is 0.643. The Balaban J connectivity index is 1.47. The number of hydrogen-bond donors (Lipinski definition) is 0. The zero-order valence-corrected chi connectivity index (χ0v) is 13.0. The molecule has 2 aliphatic heterocycles. The minimum atomic E-state index is 0.260. The normalized spacial score (nSPS) is 20.6. The van der Waals surface area contributed by atoms with Crippen molar-refractivity contribution in [2.45, 2.75) is 0 Å². The van der Waals surface area contributed by atoms with Crippen LogP contribution in [0.4, 0.5) is 5.95 Å². The van der Waals surface area contributed by atoms with E-state index in [1.807, 2.05) is 22.7 Å². The van der Waals surface area contributed by atoms with Crippen LogP contribution in [0.1, 0.15) is 0 Å². The number of hydrogen-bond acceptors (Lipinski definition) is 6. The van der Waals surface area contributed by atoms with Crippen LogP contribution in [0.5, 0.6) is 0 Å². The SMILES string of the molecule is O=C(CN1CCSCC1)N1CCN(c2ncccn2)CC1. The van der Waals surface area contributed by atoms with E-state index in [9.17, 15) is 4.79 Å². The van der Waals surface area contributed by atoms with E-state index >= 15 is 0 Å². The highest BCUT2D eigenvalue weighted by molar-refractivity contribution is 7.99. The fourth-order valence-corrected chi connectivity index (χ4v) is 3.64. The molecule has 114 valence electrons. The molecule has 2 aliphatic rings. The quantitative estimate of drug-likeness (QED) is 0.794. The van der Waals surface area contributed by atoms with Crippen LogP contribution < -0.4 is 4.90 Å². The van der Waals surface area contributed by atoms with Crippen LogP contribution in [0.15, 0.2) is 18.5 Å². The van der Waals surface area contributed by atoms with Crippen molar-refractivity contribution in [1.82, 2.24) is 19.8 Å². The van der Waals surface area contributed by atoms with Crippen LogP contribution in [0.25, 0.3) is 0 Å². The predicted molar refractivity (Wildman–Crippen MR) is 84.6 cm³/mol. The van der Waals surface area contributed by atoms with E-state index < -0.39 is 0 Å². The third-order valence-corrected chi connectivity index (χ3v) is 4.87. The van der Waals surface area contributed by atoms with Gasteiger partial charge in [0.1, 0.15) is 0 Å². The van der Waals surface area contributed by atoms with E-state index in [0.717, 1.165) is 56.7 Å². The van der Waals surface area contributed by atoms with Crippen molar-refractivity contribution in [2.24, 2.45) is 0 Å². The van der Waals surface area contributed by atoms with Gasteiger partial charge in [0.25, 0.3) is 0 Å². The molecule has 1 aromatic heterocycles. The minimum Gasteiger partial charge on any atom is -0.338 e. The van der Waals surface area contributed by atoms with Crippen molar-refractivity contribution in [3.05, 3.63) is 18.5 Å². The molecule has 1 amide bonds.